The Morgan fingerprint density at radius 1 is 1.18 bits per heavy atom. The Hall–Kier alpha value is -2.12. The van der Waals surface area contributed by atoms with E-state index in [1.807, 2.05) is 0 Å². The van der Waals surface area contributed by atoms with Gasteiger partial charge in [0.2, 0.25) is 0 Å². The summed E-state index contributed by atoms with van der Waals surface area (Å²) in [6.07, 6.45) is 0. The first-order chi connectivity index (χ1) is 10.2. The van der Waals surface area contributed by atoms with E-state index in [1.54, 1.807) is 31.2 Å². The molecular weight excluding hydrogens is 328 g/mol. The van der Waals surface area contributed by atoms with Crippen LogP contribution in [0.3, 0.4) is 0 Å². The maximum atomic E-state index is 12.7. The normalized spacial score (nSPS) is 11.2. The second-order valence-corrected chi connectivity index (χ2v) is 6.98. The van der Waals surface area contributed by atoms with E-state index in [9.17, 15) is 18.5 Å². The first-order valence-electron chi connectivity index (χ1n) is 6.23. The largest absolute Gasteiger partial charge is 0.270 e. The molecular formula is C14H13ClN2O4S. The minimum Gasteiger partial charge on any atom is -0.268 e. The highest BCUT2D eigenvalue weighted by Gasteiger charge is 2.26. The molecule has 22 heavy (non-hydrogen) atoms. The van der Waals surface area contributed by atoms with Gasteiger partial charge in [-0.05, 0) is 24.6 Å². The van der Waals surface area contributed by atoms with Crippen molar-refractivity contribution in [1.82, 2.24) is 0 Å². The molecule has 0 aliphatic rings. The van der Waals surface area contributed by atoms with Crippen LogP contribution in [0.25, 0.3) is 0 Å². The Bertz CT molecular complexity index is 836. The van der Waals surface area contributed by atoms with Crippen molar-refractivity contribution >= 4 is 33.0 Å². The van der Waals surface area contributed by atoms with Gasteiger partial charge in [-0.2, -0.15) is 0 Å². The molecule has 0 fully saturated rings. The van der Waals surface area contributed by atoms with Gasteiger partial charge in [-0.15, -0.1) is 0 Å². The molecule has 0 bridgehead atoms. The van der Waals surface area contributed by atoms with Gasteiger partial charge in [0.05, 0.1) is 20.5 Å². The van der Waals surface area contributed by atoms with Gasteiger partial charge in [-0.25, -0.2) is 8.42 Å². The summed E-state index contributed by atoms with van der Waals surface area (Å²) in [5.74, 6) is 0. The van der Waals surface area contributed by atoms with Crippen LogP contribution in [0.2, 0.25) is 5.02 Å². The summed E-state index contributed by atoms with van der Waals surface area (Å²) < 4.78 is 26.5. The summed E-state index contributed by atoms with van der Waals surface area (Å²) in [5, 5.41) is 11.1. The summed E-state index contributed by atoms with van der Waals surface area (Å²) in [5.41, 5.74) is 0.441. The molecule has 116 valence electrons. The van der Waals surface area contributed by atoms with Gasteiger partial charge >= 0.3 is 0 Å². The van der Waals surface area contributed by atoms with Gasteiger partial charge in [0, 0.05) is 19.2 Å². The van der Waals surface area contributed by atoms with E-state index in [4.69, 9.17) is 11.6 Å². The molecule has 0 aliphatic carbocycles. The highest BCUT2D eigenvalue weighted by Crippen LogP contribution is 2.31. The average molecular weight is 341 g/mol. The van der Waals surface area contributed by atoms with Gasteiger partial charge in [-0.3, -0.25) is 14.4 Å². The molecule has 0 heterocycles. The quantitative estimate of drug-likeness (QED) is 0.631. The van der Waals surface area contributed by atoms with Crippen molar-refractivity contribution in [3.63, 3.8) is 0 Å². The number of nitro benzene ring substituents is 1. The monoisotopic (exact) mass is 340 g/mol. The number of para-hydroxylation sites is 1. The number of rotatable bonds is 4. The number of benzene rings is 2. The lowest BCUT2D eigenvalue weighted by atomic mass is 10.2. The molecule has 2 rings (SSSR count). The van der Waals surface area contributed by atoms with Gasteiger partial charge in [0.1, 0.15) is 0 Å². The molecule has 0 aliphatic heterocycles. The van der Waals surface area contributed by atoms with Crippen molar-refractivity contribution in [3.05, 3.63) is 63.2 Å². The molecule has 0 unspecified atom stereocenters. The van der Waals surface area contributed by atoms with E-state index in [2.05, 4.69) is 0 Å². The predicted octanol–water partition coefficient (Wildman–Crippen LogP) is 3.38. The number of nitro groups is 1. The Labute approximate surface area is 133 Å². The first kappa shape index (κ1) is 16.3. The number of non-ortho nitro benzene ring substituents is 1. The fraction of sp³-hybridized carbons (Fsp3) is 0.143. The second-order valence-electron chi connectivity index (χ2n) is 4.63. The fourth-order valence-electron chi connectivity index (χ4n) is 1.96. The summed E-state index contributed by atoms with van der Waals surface area (Å²) in [6, 6.07) is 10.2. The Kier molecular flexibility index (Phi) is 4.39. The third-order valence-corrected chi connectivity index (χ3v) is 5.45. The van der Waals surface area contributed by atoms with Crippen molar-refractivity contribution < 1.29 is 13.3 Å². The van der Waals surface area contributed by atoms with Crippen molar-refractivity contribution in [3.8, 4) is 0 Å². The number of hydrogen-bond acceptors (Lipinski definition) is 4. The molecule has 8 heteroatoms. The number of aryl methyl sites for hydroxylation is 1. The predicted molar refractivity (Wildman–Crippen MR) is 84.9 cm³/mol. The zero-order chi connectivity index (χ0) is 16.5. The smallest absolute Gasteiger partial charge is 0.268 e. The van der Waals surface area contributed by atoms with E-state index in [1.165, 1.54) is 19.2 Å². The van der Waals surface area contributed by atoms with Crippen LogP contribution >= 0.6 is 11.6 Å². The van der Waals surface area contributed by atoms with E-state index in [-0.39, 0.29) is 15.6 Å². The number of sulfonamides is 1. The van der Waals surface area contributed by atoms with Crippen LogP contribution in [-0.4, -0.2) is 20.4 Å². The lowest BCUT2D eigenvalue weighted by Gasteiger charge is -2.21. The molecule has 0 aromatic heterocycles. The van der Waals surface area contributed by atoms with Crippen LogP contribution in [0.15, 0.2) is 47.4 Å². The van der Waals surface area contributed by atoms with E-state index >= 15 is 0 Å². The maximum Gasteiger partial charge on any atom is 0.270 e. The molecule has 6 nitrogen and oxygen atoms in total. The zero-order valence-electron chi connectivity index (χ0n) is 11.9. The number of nitrogens with zero attached hydrogens (tertiary/aromatic N) is 2. The van der Waals surface area contributed by atoms with Crippen LogP contribution in [-0.2, 0) is 10.0 Å². The van der Waals surface area contributed by atoms with Gasteiger partial charge in [0.15, 0.2) is 0 Å². The topological polar surface area (TPSA) is 80.5 Å². The highest BCUT2D eigenvalue weighted by molar-refractivity contribution is 7.92. The van der Waals surface area contributed by atoms with Gasteiger partial charge in [-0.1, -0.05) is 29.8 Å². The molecule has 0 radical (unpaired) electrons. The summed E-state index contributed by atoms with van der Waals surface area (Å²) in [6.45, 7) is 1.58. The summed E-state index contributed by atoms with van der Waals surface area (Å²) in [7, 11) is -2.60. The van der Waals surface area contributed by atoms with Gasteiger partial charge in [0.25, 0.3) is 15.7 Å². The van der Waals surface area contributed by atoms with Crippen molar-refractivity contribution in [2.75, 3.05) is 11.4 Å². The van der Waals surface area contributed by atoms with Crippen molar-refractivity contribution in [2.45, 2.75) is 11.8 Å². The van der Waals surface area contributed by atoms with Gasteiger partial charge < -0.3 is 0 Å². The first-order valence-corrected chi connectivity index (χ1v) is 8.05. The number of hydrogen-bond donors (Lipinski definition) is 0. The Balaban J connectivity index is 2.58. The van der Waals surface area contributed by atoms with Crippen LogP contribution in [0.5, 0.6) is 0 Å². The summed E-state index contributed by atoms with van der Waals surface area (Å²) in [4.78, 5) is 10.1. The van der Waals surface area contributed by atoms with Crippen LogP contribution in [0.1, 0.15) is 5.56 Å². The third-order valence-electron chi connectivity index (χ3n) is 3.21. The SMILES string of the molecule is Cc1ccc([N+](=O)[O-])cc1S(=O)(=O)N(C)c1ccccc1Cl. The molecule has 0 atom stereocenters. The van der Waals surface area contributed by atoms with E-state index < -0.39 is 14.9 Å². The van der Waals surface area contributed by atoms with Crippen LogP contribution in [0.4, 0.5) is 11.4 Å². The zero-order valence-corrected chi connectivity index (χ0v) is 13.4. The number of anilines is 1. The third kappa shape index (κ3) is 2.90. The molecule has 0 saturated carbocycles. The minimum atomic E-state index is -3.96. The maximum absolute atomic E-state index is 12.7. The summed E-state index contributed by atoms with van der Waals surface area (Å²) >= 11 is 6.02. The molecule has 0 spiro atoms. The molecule has 2 aromatic rings. The lowest BCUT2D eigenvalue weighted by Crippen LogP contribution is -2.27. The van der Waals surface area contributed by atoms with E-state index in [0.29, 0.717) is 11.3 Å². The van der Waals surface area contributed by atoms with Crippen LogP contribution < -0.4 is 4.31 Å². The standard InChI is InChI=1S/C14H13ClN2O4S/c1-10-7-8-11(17(18)19)9-14(10)22(20,21)16(2)13-6-4-3-5-12(13)15/h3-9H,1-2H3. The van der Waals surface area contributed by atoms with Crippen molar-refractivity contribution in [2.24, 2.45) is 0 Å². The second kappa shape index (κ2) is 5.94. The average Bonchev–Trinajstić information content (AvgIpc) is 2.47. The minimum absolute atomic E-state index is 0.121. The Morgan fingerprint density at radius 2 is 1.82 bits per heavy atom. The number of halogens is 1. The highest BCUT2D eigenvalue weighted by atomic mass is 35.5. The lowest BCUT2D eigenvalue weighted by molar-refractivity contribution is -0.385. The van der Waals surface area contributed by atoms with Crippen LogP contribution in [0, 0.1) is 17.0 Å². The fourth-order valence-corrected chi connectivity index (χ4v) is 3.73. The molecule has 0 saturated heterocycles. The van der Waals surface area contributed by atoms with Crippen molar-refractivity contribution in [1.29, 1.82) is 0 Å². The molecule has 0 amide bonds. The Morgan fingerprint density at radius 3 is 2.41 bits per heavy atom. The molecule has 2 aromatic carbocycles. The molecule has 0 N–H and O–H groups in total. The van der Waals surface area contributed by atoms with E-state index in [0.717, 1.165) is 10.4 Å².